The molecule has 2 N–H and O–H groups in total. The van der Waals surface area contributed by atoms with E-state index in [0.29, 0.717) is 19.1 Å². The first-order valence-corrected chi connectivity index (χ1v) is 9.71. The van der Waals surface area contributed by atoms with Gasteiger partial charge in [0.25, 0.3) is 0 Å². The molecule has 29 heavy (non-hydrogen) atoms. The van der Waals surface area contributed by atoms with E-state index in [2.05, 4.69) is 20.8 Å². The van der Waals surface area contributed by atoms with Gasteiger partial charge >= 0.3 is 0 Å². The third kappa shape index (κ3) is 6.22. The number of nitrogens with one attached hydrogen (secondary N) is 2. The van der Waals surface area contributed by atoms with Gasteiger partial charge < -0.3 is 24.7 Å². The molecule has 0 amide bonds. The van der Waals surface area contributed by atoms with E-state index in [9.17, 15) is 0 Å². The SMILES string of the molecule is COc1ccc(CN=C(NCc2nnc(C)n2C)NC2CCCC2)c(OC)c1.I. The molecule has 0 spiro atoms. The standard InChI is InChI=1S/C20H30N6O2.HI/c1-14-24-25-19(26(14)2)13-22-20(23-16-7-5-6-8-16)21-12-15-9-10-17(27-3)11-18(15)28-4;/h9-11,16H,5-8,12-13H2,1-4H3,(H2,21,22,23);1H. The van der Waals surface area contributed by atoms with E-state index in [1.807, 2.05) is 36.7 Å². The molecule has 8 nitrogen and oxygen atoms in total. The lowest BCUT2D eigenvalue weighted by atomic mass is 10.2. The molecule has 1 aromatic carbocycles. The van der Waals surface area contributed by atoms with E-state index >= 15 is 0 Å². The summed E-state index contributed by atoms with van der Waals surface area (Å²) in [5.74, 6) is 4.09. The summed E-state index contributed by atoms with van der Waals surface area (Å²) in [5, 5.41) is 15.3. The molecule has 1 saturated carbocycles. The summed E-state index contributed by atoms with van der Waals surface area (Å²) in [4.78, 5) is 4.79. The summed E-state index contributed by atoms with van der Waals surface area (Å²) in [5.41, 5.74) is 1.00. The number of guanidine groups is 1. The molecule has 0 radical (unpaired) electrons. The van der Waals surface area contributed by atoms with Crippen LogP contribution in [0, 0.1) is 6.92 Å². The second-order valence-electron chi connectivity index (χ2n) is 7.04. The number of nitrogens with zero attached hydrogens (tertiary/aromatic N) is 4. The molecule has 1 heterocycles. The topological polar surface area (TPSA) is 85.6 Å². The number of hydrogen-bond donors (Lipinski definition) is 2. The van der Waals surface area contributed by atoms with Crippen molar-refractivity contribution in [3.05, 3.63) is 35.4 Å². The molecule has 3 rings (SSSR count). The van der Waals surface area contributed by atoms with E-state index in [4.69, 9.17) is 14.5 Å². The van der Waals surface area contributed by atoms with Crippen LogP contribution in [0.5, 0.6) is 11.5 Å². The molecule has 0 bridgehead atoms. The van der Waals surface area contributed by atoms with Crippen LogP contribution in [0.15, 0.2) is 23.2 Å². The minimum atomic E-state index is 0. The van der Waals surface area contributed by atoms with Gasteiger partial charge in [-0.2, -0.15) is 0 Å². The second kappa shape index (κ2) is 11.2. The lowest BCUT2D eigenvalue weighted by molar-refractivity contribution is 0.391. The highest BCUT2D eigenvalue weighted by atomic mass is 127. The van der Waals surface area contributed by atoms with Crippen LogP contribution in [0.3, 0.4) is 0 Å². The Hall–Kier alpha value is -2.04. The molecule has 160 valence electrons. The summed E-state index contributed by atoms with van der Waals surface area (Å²) in [6.45, 7) is 3.01. The normalized spacial score (nSPS) is 14.4. The number of aromatic nitrogens is 3. The van der Waals surface area contributed by atoms with E-state index in [1.165, 1.54) is 25.7 Å². The summed E-state index contributed by atoms with van der Waals surface area (Å²) in [6, 6.07) is 6.25. The second-order valence-corrected chi connectivity index (χ2v) is 7.04. The smallest absolute Gasteiger partial charge is 0.192 e. The highest BCUT2D eigenvalue weighted by molar-refractivity contribution is 14.0. The highest BCUT2D eigenvalue weighted by Crippen LogP contribution is 2.25. The number of methoxy groups -OCH3 is 2. The molecular formula is C20H31IN6O2. The first kappa shape index (κ1) is 23.2. The number of halogens is 1. The number of rotatable bonds is 7. The number of hydrogen-bond acceptors (Lipinski definition) is 5. The third-order valence-electron chi connectivity index (χ3n) is 5.19. The Balaban J connectivity index is 0.00000300. The fourth-order valence-corrected chi connectivity index (χ4v) is 3.33. The van der Waals surface area contributed by atoms with Crippen molar-refractivity contribution in [1.82, 2.24) is 25.4 Å². The first-order valence-electron chi connectivity index (χ1n) is 9.71. The Morgan fingerprint density at radius 3 is 2.59 bits per heavy atom. The minimum absolute atomic E-state index is 0. The van der Waals surface area contributed by atoms with Crippen LogP contribution in [0.4, 0.5) is 0 Å². The van der Waals surface area contributed by atoms with Crippen LogP contribution in [-0.2, 0) is 20.1 Å². The third-order valence-corrected chi connectivity index (χ3v) is 5.19. The van der Waals surface area contributed by atoms with Crippen molar-refractivity contribution >= 4 is 29.9 Å². The molecular weight excluding hydrogens is 483 g/mol. The van der Waals surface area contributed by atoms with Crippen molar-refractivity contribution in [2.45, 2.75) is 51.7 Å². The lowest BCUT2D eigenvalue weighted by Gasteiger charge is -2.17. The monoisotopic (exact) mass is 514 g/mol. The molecule has 0 saturated heterocycles. The predicted molar refractivity (Wildman–Crippen MR) is 124 cm³/mol. The fraction of sp³-hybridized carbons (Fsp3) is 0.550. The van der Waals surface area contributed by atoms with E-state index < -0.39 is 0 Å². The molecule has 1 aliphatic rings. The predicted octanol–water partition coefficient (Wildman–Crippen LogP) is 2.94. The quantitative estimate of drug-likeness (QED) is 0.336. The summed E-state index contributed by atoms with van der Waals surface area (Å²) >= 11 is 0. The number of aryl methyl sites for hydroxylation is 1. The van der Waals surface area contributed by atoms with Gasteiger partial charge in [-0.25, -0.2) is 4.99 Å². The zero-order chi connectivity index (χ0) is 19.9. The zero-order valence-corrected chi connectivity index (χ0v) is 19.9. The van der Waals surface area contributed by atoms with Crippen LogP contribution in [0.1, 0.15) is 42.9 Å². The van der Waals surface area contributed by atoms with Crippen molar-refractivity contribution in [3.63, 3.8) is 0 Å². The van der Waals surface area contributed by atoms with Gasteiger partial charge in [0.15, 0.2) is 11.8 Å². The Labute approximate surface area is 189 Å². The van der Waals surface area contributed by atoms with E-state index in [1.54, 1.807) is 14.2 Å². The zero-order valence-electron chi connectivity index (χ0n) is 17.6. The number of benzene rings is 1. The average Bonchev–Trinajstić information content (AvgIpc) is 3.34. The summed E-state index contributed by atoms with van der Waals surface area (Å²) < 4.78 is 12.7. The minimum Gasteiger partial charge on any atom is -0.497 e. The van der Waals surface area contributed by atoms with Crippen LogP contribution < -0.4 is 20.1 Å². The largest absolute Gasteiger partial charge is 0.497 e. The average molecular weight is 514 g/mol. The maximum atomic E-state index is 5.49. The van der Waals surface area contributed by atoms with Gasteiger partial charge in [0, 0.05) is 24.7 Å². The molecule has 2 aromatic rings. The number of aliphatic imine (C=N–C) groups is 1. The van der Waals surface area contributed by atoms with Gasteiger partial charge in [-0.05, 0) is 31.9 Å². The lowest BCUT2D eigenvalue weighted by Crippen LogP contribution is -2.42. The van der Waals surface area contributed by atoms with Gasteiger partial charge in [0.1, 0.15) is 17.3 Å². The van der Waals surface area contributed by atoms with Gasteiger partial charge in [-0.3, -0.25) is 0 Å². The summed E-state index contributed by atoms with van der Waals surface area (Å²) in [7, 11) is 5.28. The van der Waals surface area contributed by atoms with Gasteiger partial charge in [-0.1, -0.05) is 12.8 Å². The fourth-order valence-electron chi connectivity index (χ4n) is 3.33. The first-order chi connectivity index (χ1) is 13.6. The molecule has 1 aliphatic carbocycles. The molecule has 9 heteroatoms. The van der Waals surface area contributed by atoms with Crippen LogP contribution >= 0.6 is 24.0 Å². The number of ether oxygens (including phenoxy) is 2. The van der Waals surface area contributed by atoms with Crippen molar-refractivity contribution in [2.24, 2.45) is 12.0 Å². The molecule has 0 unspecified atom stereocenters. The molecule has 0 aliphatic heterocycles. The van der Waals surface area contributed by atoms with Crippen molar-refractivity contribution in [1.29, 1.82) is 0 Å². The van der Waals surface area contributed by atoms with E-state index in [-0.39, 0.29) is 24.0 Å². The van der Waals surface area contributed by atoms with Gasteiger partial charge in [0.05, 0.1) is 27.3 Å². The Morgan fingerprint density at radius 2 is 1.97 bits per heavy atom. The Kier molecular flexibility index (Phi) is 8.99. The van der Waals surface area contributed by atoms with Crippen molar-refractivity contribution < 1.29 is 9.47 Å². The van der Waals surface area contributed by atoms with Crippen LogP contribution in [0.2, 0.25) is 0 Å². The van der Waals surface area contributed by atoms with Crippen LogP contribution in [0.25, 0.3) is 0 Å². The van der Waals surface area contributed by atoms with Crippen LogP contribution in [-0.4, -0.2) is 41.0 Å². The molecule has 1 fully saturated rings. The highest BCUT2D eigenvalue weighted by Gasteiger charge is 2.17. The van der Waals surface area contributed by atoms with Crippen molar-refractivity contribution in [2.75, 3.05) is 14.2 Å². The Morgan fingerprint density at radius 1 is 1.21 bits per heavy atom. The van der Waals surface area contributed by atoms with Crippen molar-refractivity contribution in [3.8, 4) is 11.5 Å². The van der Waals surface area contributed by atoms with Gasteiger partial charge in [-0.15, -0.1) is 34.2 Å². The van der Waals surface area contributed by atoms with Gasteiger partial charge in [0.2, 0.25) is 0 Å². The summed E-state index contributed by atoms with van der Waals surface area (Å²) in [6.07, 6.45) is 4.88. The maximum absolute atomic E-state index is 5.49. The maximum Gasteiger partial charge on any atom is 0.192 e. The van der Waals surface area contributed by atoms with E-state index in [0.717, 1.165) is 34.7 Å². The Bertz CT molecular complexity index is 817. The molecule has 1 aromatic heterocycles. The molecule has 0 atom stereocenters.